The van der Waals surface area contributed by atoms with Gasteiger partial charge in [0.05, 0.1) is 4.90 Å². The molecule has 2 aromatic rings. The van der Waals surface area contributed by atoms with Crippen molar-refractivity contribution in [1.82, 2.24) is 9.62 Å². The first-order valence-electron chi connectivity index (χ1n) is 8.68. The highest BCUT2D eigenvalue weighted by Gasteiger charge is 2.32. The van der Waals surface area contributed by atoms with Crippen LogP contribution < -0.4 is 5.32 Å². The summed E-state index contributed by atoms with van der Waals surface area (Å²) >= 11 is 0. The summed E-state index contributed by atoms with van der Waals surface area (Å²) in [5.74, 6) is -0.806. The van der Waals surface area contributed by atoms with E-state index in [9.17, 15) is 22.7 Å². The van der Waals surface area contributed by atoms with Gasteiger partial charge in [-0.3, -0.25) is 4.79 Å². The van der Waals surface area contributed by atoms with E-state index in [0.29, 0.717) is 18.4 Å². The van der Waals surface area contributed by atoms with Gasteiger partial charge in [-0.05, 0) is 43.2 Å². The van der Waals surface area contributed by atoms with Gasteiger partial charge in [-0.2, -0.15) is 4.31 Å². The van der Waals surface area contributed by atoms with Crippen molar-refractivity contribution in [2.45, 2.75) is 24.3 Å². The highest BCUT2D eigenvalue weighted by Crippen LogP contribution is 2.24. The van der Waals surface area contributed by atoms with Crippen LogP contribution in [0.2, 0.25) is 0 Å². The SMILES string of the molecule is O=C(NCc1ccccc1O)C1CCN(S(=O)(=O)c2ccc(F)cc2)CC1. The van der Waals surface area contributed by atoms with Crippen LogP contribution in [0.4, 0.5) is 4.39 Å². The molecule has 0 unspecified atom stereocenters. The largest absolute Gasteiger partial charge is 0.508 e. The number of hydrogen-bond acceptors (Lipinski definition) is 4. The minimum absolute atomic E-state index is 0.0476. The number of piperidine rings is 1. The maximum absolute atomic E-state index is 13.0. The van der Waals surface area contributed by atoms with E-state index < -0.39 is 15.8 Å². The molecule has 0 saturated carbocycles. The molecule has 0 radical (unpaired) electrons. The van der Waals surface area contributed by atoms with Crippen molar-refractivity contribution >= 4 is 15.9 Å². The van der Waals surface area contributed by atoms with Crippen molar-refractivity contribution in [3.63, 3.8) is 0 Å². The van der Waals surface area contributed by atoms with Crippen molar-refractivity contribution in [2.24, 2.45) is 5.92 Å². The predicted molar refractivity (Wildman–Crippen MR) is 97.8 cm³/mol. The number of para-hydroxylation sites is 1. The molecule has 0 atom stereocenters. The number of phenols is 1. The molecule has 27 heavy (non-hydrogen) atoms. The van der Waals surface area contributed by atoms with Crippen LogP contribution in [-0.4, -0.2) is 36.8 Å². The van der Waals surface area contributed by atoms with Crippen LogP contribution in [0, 0.1) is 11.7 Å². The number of phenolic OH excluding ortho intramolecular Hbond substituents is 1. The van der Waals surface area contributed by atoms with E-state index in [1.54, 1.807) is 24.3 Å². The number of nitrogens with zero attached hydrogens (tertiary/aromatic N) is 1. The van der Waals surface area contributed by atoms with Crippen LogP contribution in [0.25, 0.3) is 0 Å². The van der Waals surface area contributed by atoms with Gasteiger partial charge >= 0.3 is 0 Å². The van der Waals surface area contributed by atoms with Gasteiger partial charge in [0.25, 0.3) is 0 Å². The fourth-order valence-electron chi connectivity index (χ4n) is 3.10. The predicted octanol–water partition coefficient (Wildman–Crippen LogP) is 2.25. The topological polar surface area (TPSA) is 86.7 Å². The maximum atomic E-state index is 13.0. The molecule has 144 valence electrons. The summed E-state index contributed by atoms with van der Waals surface area (Å²) in [5.41, 5.74) is 0.627. The Hall–Kier alpha value is -2.45. The summed E-state index contributed by atoms with van der Waals surface area (Å²) < 4.78 is 39.5. The van der Waals surface area contributed by atoms with Crippen molar-refractivity contribution in [3.8, 4) is 5.75 Å². The summed E-state index contributed by atoms with van der Waals surface area (Å²) in [7, 11) is -3.69. The van der Waals surface area contributed by atoms with Crippen LogP contribution in [0.3, 0.4) is 0 Å². The Morgan fingerprint density at radius 2 is 1.74 bits per heavy atom. The Morgan fingerprint density at radius 3 is 2.37 bits per heavy atom. The second kappa shape index (κ2) is 8.06. The first-order valence-corrected chi connectivity index (χ1v) is 10.1. The fourth-order valence-corrected chi connectivity index (χ4v) is 4.57. The summed E-state index contributed by atoms with van der Waals surface area (Å²) in [6.45, 7) is 0.683. The number of nitrogens with one attached hydrogen (secondary N) is 1. The van der Waals surface area contributed by atoms with Gasteiger partial charge in [-0.15, -0.1) is 0 Å². The molecule has 1 heterocycles. The molecule has 6 nitrogen and oxygen atoms in total. The average Bonchev–Trinajstić information content (AvgIpc) is 2.67. The lowest BCUT2D eigenvalue weighted by Crippen LogP contribution is -2.42. The van der Waals surface area contributed by atoms with Gasteiger partial charge in [0.15, 0.2) is 0 Å². The van der Waals surface area contributed by atoms with Gasteiger partial charge < -0.3 is 10.4 Å². The summed E-state index contributed by atoms with van der Waals surface area (Å²) in [4.78, 5) is 12.4. The Balaban J connectivity index is 1.56. The van der Waals surface area contributed by atoms with Gasteiger partial charge in [-0.25, -0.2) is 12.8 Å². The Bertz CT molecular complexity index is 908. The first-order chi connectivity index (χ1) is 12.9. The van der Waals surface area contributed by atoms with Crippen molar-refractivity contribution in [3.05, 3.63) is 59.9 Å². The molecule has 1 amide bonds. The molecule has 2 N–H and O–H groups in total. The van der Waals surface area contributed by atoms with E-state index in [-0.39, 0.29) is 42.1 Å². The normalized spacial score (nSPS) is 16.2. The number of sulfonamides is 1. The van der Waals surface area contributed by atoms with Gasteiger partial charge in [0.2, 0.25) is 15.9 Å². The Labute approximate surface area is 157 Å². The lowest BCUT2D eigenvalue weighted by molar-refractivity contribution is -0.126. The summed E-state index contributed by atoms with van der Waals surface area (Å²) in [5, 5.41) is 12.5. The number of halogens is 1. The fraction of sp³-hybridized carbons (Fsp3) is 0.316. The highest BCUT2D eigenvalue weighted by atomic mass is 32.2. The third kappa shape index (κ3) is 4.45. The van der Waals surface area contributed by atoms with E-state index in [1.807, 2.05) is 0 Å². The van der Waals surface area contributed by atoms with Crippen LogP contribution in [0.5, 0.6) is 5.75 Å². The Kier molecular flexibility index (Phi) is 5.76. The standard InChI is InChI=1S/C19H21FN2O4S/c20-16-5-7-17(8-6-16)27(25,26)22-11-9-14(10-12-22)19(24)21-13-15-3-1-2-4-18(15)23/h1-8,14,23H,9-13H2,(H,21,24). The summed E-state index contributed by atoms with van der Waals surface area (Å²) in [6, 6.07) is 11.5. The number of carbonyl (C=O) groups is 1. The maximum Gasteiger partial charge on any atom is 0.243 e. The zero-order chi connectivity index (χ0) is 19.4. The minimum Gasteiger partial charge on any atom is -0.508 e. The molecule has 1 fully saturated rings. The lowest BCUT2D eigenvalue weighted by atomic mass is 9.97. The van der Waals surface area contributed by atoms with Gasteiger partial charge in [0, 0.05) is 31.1 Å². The first kappa shape index (κ1) is 19.3. The smallest absolute Gasteiger partial charge is 0.243 e. The highest BCUT2D eigenvalue weighted by molar-refractivity contribution is 7.89. The molecule has 3 rings (SSSR count). The molecule has 8 heteroatoms. The van der Waals surface area contributed by atoms with Gasteiger partial charge in [0.1, 0.15) is 11.6 Å². The number of carbonyl (C=O) groups excluding carboxylic acids is 1. The number of aromatic hydroxyl groups is 1. The molecule has 2 aromatic carbocycles. The van der Waals surface area contributed by atoms with E-state index in [1.165, 1.54) is 16.4 Å². The van der Waals surface area contributed by atoms with E-state index in [2.05, 4.69) is 5.32 Å². The third-order valence-corrected chi connectivity index (χ3v) is 6.63. The zero-order valence-electron chi connectivity index (χ0n) is 14.6. The molecule has 0 aromatic heterocycles. The van der Waals surface area contributed by atoms with E-state index >= 15 is 0 Å². The lowest BCUT2D eigenvalue weighted by Gasteiger charge is -2.30. The quantitative estimate of drug-likeness (QED) is 0.817. The van der Waals surface area contributed by atoms with Crippen molar-refractivity contribution < 1.29 is 22.7 Å². The number of amides is 1. The molecule has 1 aliphatic rings. The number of hydrogen-bond donors (Lipinski definition) is 2. The van der Waals surface area contributed by atoms with Crippen LogP contribution in [0.15, 0.2) is 53.4 Å². The molecule has 0 spiro atoms. The molecule has 0 aliphatic carbocycles. The van der Waals surface area contributed by atoms with Crippen LogP contribution in [0.1, 0.15) is 18.4 Å². The van der Waals surface area contributed by atoms with Crippen molar-refractivity contribution in [1.29, 1.82) is 0 Å². The Morgan fingerprint density at radius 1 is 1.11 bits per heavy atom. The molecule has 0 bridgehead atoms. The van der Waals surface area contributed by atoms with Gasteiger partial charge in [-0.1, -0.05) is 18.2 Å². The molecular weight excluding hydrogens is 371 g/mol. The average molecular weight is 392 g/mol. The number of rotatable bonds is 5. The molecular formula is C19H21FN2O4S. The molecule has 1 aliphatic heterocycles. The summed E-state index contributed by atoms with van der Waals surface area (Å²) in [6.07, 6.45) is 0.820. The minimum atomic E-state index is -3.69. The third-order valence-electron chi connectivity index (χ3n) is 4.72. The van der Waals surface area contributed by atoms with E-state index in [0.717, 1.165) is 12.1 Å². The monoisotopic (exact) mass is 392 g/mol. The van der Waals surface area contributed by atoms with Crippen LogP contribution >= 0.6 is 0 Å². The van der Waals surface area contributed by atoms with Crippen LogP contribution in [-0.2, 0) is 21.4 Å². The number of benzene rings is 2. The second-order valence-electron chi connectivity index (χ2n) is 6.48. The second-order valence-corrected chi connectivity index (χ2v) is 8.42. The zero-order valence-corrected chi connectivity index (χ0v) is 15.5. The van der Waals surface area contributed by atoms with Crippen molar-refractivity contribution in [2.75, 3.05) is 13.1 Å². The molecule has 1 saturated heterocycles. The van der Waals surface area contributed by atoms with E-state index in [4.69, 9.17) is 0 Å².